The van der Waals surface area contributed by atoms with E-state index in [-0.39, 0.29) is 12.0 Å². The van der Waals surface area contributed by atoms with Gasteiger partial charge in [0.15, 0.2) is 0 Å². The molecule has 84 valence electrons. The molecule has 2 rings (SSSR count). The maximum Gasteiger partial charge on any atom is 0.309 e. The summed E-state index contributed by atoms with van der Waals surface area (Å²) in [7, 11) is 0. The highest BCUT2D eigenvalue weighted by Gasteiger charge is 2.10. The quantitative estimate of drug-likeness (QED) is 0.869. The Morgan fingerprint density at radius 2 is 2.19 bits per heavy atom. The van der Waals surface area contributed by atoms with Gasteiger partial charge in [0.25, 0.3) is 6.43 Å². The molecule has 0 spiro atoms. The van der Waals surface area contributed by atoms with Crippen LogP contribution in [0.2, 0.25) is 0 Å². The molecule has 0 unspecified atom stereocenters. The SMILES string of the molecule is O=C(O)Cc1cn2cc(C(F)F)ccc2n1. The smallest absolute Gasteiger partial charge is 0.309 e. The van der Waals surface area contributed by atoms with E-state index in [9.17, 15) is 13.6 Å². The van der Waals surface area contributed by atoms with Crippen molar-refractivity contribution < 1.29 is 18.7 Å². The van der Waals surface area contributed by atoms with Gasteiger partial charge >= 0.3 is 5.97 Å². The molecular weight excluding hydrogens is 218 g/mol. The fraction of sp³-hybridized carbons (Fsp3) is 0.200. The van der Waals surface area contributed by atoms with Crippen LogP contribution in [0.5, 0.6) is 0 Å². The van der Waals surface area contributed by atoms with Gasteiger partial charge < -0.3 is 9.51 Å². The van der Waals surface area contributed by atoms with E-state index in [4.69, 9.17) is 5.11 Å². The number of carboxylic acids is 1. The topological polar surface area (TPSA) is 54.6 Å². The zero-order chi connectivity index (χ0) is 11.7. The van der Waals surface area contributed by atoms with Crippen LogP contribution in [0.15, 0.2) is 24.5 Å². The third-order valence-electron chi connectivity index (χ3n) is 2.11. The standard InChI is InChI=1S/C10H8F2N2O2/c11-10(12)6-1-2-8-13-7(3-9(15)16)5-14(8)4-6/h1-2,4-5,10H,3H2,(H,15,16). The van der Waals surface area contributed by atoms with Crippen molar-refractivity contribution in [3.63, 3.8) is 0 Å². The molecule has 0 bridgehead atoms. The summed E-state index contributed by atoms with van der Waals surface area (Å²) in [6, 6.07) is 2.71. The second kappa shape index (κ2) is 3.88. The van der Waals surface area contributed by atoms with Gasteiger partial charge in [-0.2, -0.15) is 0 Å². The number of carboxylic acid groups (broad SMARTS) is 1. The van der Waals surface area contributed by atoms with Crippen LogP contribution >= 0.6 is 0 Å². The van der Waals surface area contributed by atoms with Crippen molar-refractivity contribution in [3.05, 3.63) is 35.8 Å². The third kappa shape index (κ3) is 2.00. The number of fused-ring (bicyclic) bond motifs is 1. The summed E-state index contributed by atoms with van der Waals surface area (Å²) in [5.74, 6) is -1.00. The number of hydrogen-bond acceptors (Lipinski definition) is 2. The minimum absolute atomic E-state index is 0.119. The predicted molar refractivity (Wildman–Crippen MR) is 51.5 cm³/mol. The van der Waals surface area contributed by atoms with Crippen LogP contribution in [0.1, 0.15) is 17.7 Å². The van der Waals surface area contributed by atoms with Gasteiger partial charge in [0, 0.05) is 18.0 Å². The highest BCUT2D eigenvalue weighted by Crippen LogP contribution is 2.19. The van der Waals surface area contributed by atoms with E-state index in [1.54, 1.807) is 0 Å². The van der Waals surface area contributed by atoms with Gasteiger partial charge in [-0.05, 0) is 12.1 Å². The fourth-order valence-corrected chi connectivity index (χ4v) is 1.43. The lowest BCUT2D eigenvalue weighted by Gasteiger charge is -1.99. The summed E-state index contributed by atoms with van der Waals surface area (Å²) < 4.78 is 26.2. The number of imidazole rings is 1. The summed E-state index contributed by atoms with van der Waals surface area (Å²) in [5.41, 5.74) is 0.686. The Kier molecular flexibility index (Phi) is 2.55. The maximum atomic E-state index is 12.4. The Morgan fingerprint density at radius 3 is 2.81 bits per heavy atom. The van der Waals surface area contributed by atoms with E-state index >= 15 is 0 Å². The third-order valence-corrected chi connectivity index (χ3v) is 2.11. The number of nitrogens with zero attached hydrogens (tertiary/aromatic N) is 2. The Balaban J connectivity index is 2.41. The summed E-state index contributed by atoms with van der Waals surface area (Å²) >= 11 is 0. The van der Waals surface area contributed by atoms with Crippen LogP contribution in [0.3, 0.4) is 0 Å². The van der Waals surface area contributed by atoms with Crippen molar-refractivity contribution >= 4 is 11.6 Å². The highest BCUT2D eigenvalue weighted by molar-refractivity contribution is 5.69. The van der Waals surface area contributed by atoms with Crippen LogP contribution in [-0.2, 0) is 11.2 Å². The largest absolute Gasteiger partial charge is 0.481 e. The van der Waals surface area contributed by atoms with Crippen LogP contribution in [0.25, 0.3) is 5.65 Å². The van der Waals surface area contributed by atoms with E-state index in [2.05, 4.69) is 4.98 Å². The Labute approximate surface area is 89.2 Å². The van der Waals surface area contributed by atoms with Gasteiger partial charge in [-0.1, -0.05) is 0 Å². The fourth-order valence-electron chi connectivity index (χ4n) is 1.43. The number of aromatic nitrogens is 2. The van der Waals surface area contributed by atoms with Crippen LogP contribution in [-0.4, -0.2) is 20.5 Å². The van der Waals surface area contributed by atoms with Crippen molar-refractivity contribution in [2.75, 3.05) is 0 Å². The zero-order valence-electron chi connectivity index (χ0n) is 8.10. The molecule has 1 N–H and O–H groups in total. The van der Waals surface area contributed by atoms with E-state index in [0.717, 1.165) is 0 Å². The molecule has 0 aliphatic heterocycles. The summed E-state index contributed by atoms with van der Waals surface area (Å²) in [6.45, 7) is 0. The molecule has 0 aliphatic rings. The molecule has 4 nitrogen and oxygen atoms in total. The van der Waals surface area contributed by atoms with Gasteiger partial charge in [-0.3, -0.25) is 4.79 Å². The van der Waals surface area contributed by atoms with E-state index < -0.39 is 12.4 Å². The molecule has 0 aliphatic carbocycles. The molecule has 0 saturated carbocycles. The summed E-state index contributed by atoms with van der Waals surface area (Å²) in [4.78, 5) is 14.4. The minimum atomic E-state index is -2.55. The summed E-state index contributed by atoms with van der Waals surface area (Å²) in [5, 5.41) is 8.57. The molecular formula is C10H8F2N2O2. The Bertz CT molecular complexity index is 537. The first-order valence-corrected chi connectivity index (χ1v) is 4.54. The number of halogens is 2. The van der Waals surface area contributed by atoms with Gasteiger partial charge in [0.1, 0.15) is 5.65 Å². The zero-order valence-corrected chi connectivity index (χ0v) is 8.10. The summed E-state index contributed by atoms with van der Waals surface area (Å²) in [6.07, 6.45) is -0.0749. The second-order valence-electron chi connectivity index (χ2n) is 3.33. The number of carbonyl (C=O) groups is 1. The normalized spacial score (nSPS) is 11.2. The maximum absolute atomic E-state index is 12.4. The molecule has 0 atom stereocenters. The lowest BCUT2D eigenvalue weighted by molar-refractivity contribution is -0.136. The molecule has 2 aromatic rings. The monoisotopic (exact) mass is 226 g/mol. The van der Waals surface area contributed by atoms with Gasteiger partial charge in [0.2, 0.25) is 0 Å². The first-order valence-electron chi connectivity index (χ1n) is 4.54. The van der Waals surface area contributed by atoms with Gasteiger partial charge in [-0.15, -0.1) is 0 Å². The molecule has 2 heterocycles. The molecule has 6 heteroatoms. The lowest BCUT2D eigenvalue weighted by atomic mass is 10.3. The van der Waals surface area contributed by atoms with E-state index in [1.165, 1.54) is 28.9 Å². The van der Waals surface area contributed by atoms with Crippen molar-refractivity contribution in [3.8, 4) is 0 Å². The second-order valence-corrected chi connectivity index (χ2v) is 3.33. The van der Waals surface area contributed by atoms with Crippen LogP contribution in [0, 0.1) is 0 Å². The minimum Gasteiger partial charge on any atom is -0.481 e. The highest BCUT2D eigenvalue weighted by atomic mass is 19.3. The molecule has 0 fully saturated rings. The van der Waals surface area contributed by atoms with Gasteiger partial charge in [0.05, 0.1) is 12.1 Å². The Hall–Kier alpha value is -1.98. The number of rotatable bonds is 3. The van der Waals surface area contributed by atoms with Crippen molar-refractivity contribution in [1.29, 1.82) is 0 Å². The number of pyridine rings is 1. The van der Waals surface area contributed by atoms with Crippen molar-refractivity contribution in [1.82, 2.24) is 9.38 Å². The molecule has 0 radical (unpaired) electrons. The number of alkyl halides is 2. The average Bonchev–Trinajstić information content (AvgIpc) is 2.56. The van der Waals surface area contributed by atoms with Crippen LogP contribution < -0.4 is 0 Å². The van der Waals surface area contributed by atoms with Crippen molar-refractivity contribution in [2.24, 2.45) is 0 Å². The molecule has 16 heavy (non-hydrogen) atoms. The molecule has 0 aromatic carbocycles. The van der Waals surface area contributed by atoms with E-state index in [0.29, 0.717) is 11.3 Å². The van der Waals surface area contributed by atoms with Crippen molar-refractivity contribution in [2.45, 2.75) is 12.8 Å². The molecule has 2 aromatic heterocycles. The van der Waals surface area contributed by atoms with E-state index in [1.807, 2.05) is 0 Å². The predicted octanol–water partition coefficient (Wildman–Crippen LogP) is 1.90. The lowest BCUT2D eigenvalue weighted by Crippen LogP contribution is -1.99. The number of aliphatic carboxylic acids is 1. The first kappa shape index (κ1) is 10.5. The average molecular weight is 226 g/mol. The Morgan fingerprint density at radius 1 is 1.44 bits per heavy atom. The van der Waals surface area contributed by atoms with Crippen LogP contribution in [0.4, 0.5) is 8.78 Å². The molecule has 0 amide bonds. The number of hydrogen-bond donors (Lipinski definition) is 1. The molecule has 0 saturated heterocycles. The first-order chi connectivity index (χ1) is 7.56. The van der Waals surface area contributed by atoms with Gasteiger partial charge in [-0.25, -0.2) is 13.8 Å².